The van der Waals surface area contributed by atoms with Gasteiger partial charge in [-0.05, 0) is 18.2 Å². The van der Waals surface area contributed by atoms with E-state index in [0.29, 0.717) is 6.29 Å². The van der Waals surface area contributed by atoms with Crippen LogP contribution >= 0.6 is 0 Å². The van der Waals surface area contributed by atoms with E-state index in [4.69, 9.17) is 9.84 Å². The van der Waals surface area contributed by atoms with E-state index in [9.17, 15) is 14.0 Å². The van der Waals surface area contributed by atoms with Gasteiger partial charge in [-0.15, -0.1) is 0 Å². The second-order valence-corrected chi connectivity index (χ2v) is 2.91. The second-order valence-electron chi connectivity index (χ2n) is 2.91. The van der Waals surface area contributed by atoms with Crippen LogP contribution in [0.1, 0.15) is 15.9 Å². The molecule has 0 fully saturated rings. The number of hydrogen-bond acceptors (Lipinski definition) is 3. The molecule has 0 heterocycles. The molecule has 0 aliphatic heterocycles. The van der Waals surface area contributed by atoms with Crippen molar-refractivity contribution < 1.29 is 23.8 Å². The number of carboxylic acid groups (broad SMARTS) is 1. The summed E-state index contributed by atoms with van der Waals surface area (Å²) in [5.41, 5.74) is 0.236. The Bertz CT molecular complexity index is 452. The van der Waals surface area contributed by atoms with Gasteiger partial charge in [0.2, 0.25) is 0 Å². The van der Waals surface area contributed by atoms with Gasteiger partial charge < -0.3 is 9.84 Å². The topological polar surface area (TPSA) is 63.6 Å². The Morgan fingerprint density at radius 1 is 1.44 bits per heavy atom. The normalized spacial score (nSPS) is 10.4. The van der Waals surface area contributed by atoms with Crippen molar-refractivity contribution in [1.82, 2.24) is 0 Å². The van der Waals surface area contributed by atoms with Gasteiger partial charge in [-0.2, -0.15) is 0 Å². The van der Waals surface area contributed by atoms with E-state index in [0.717, 1.165) is 24.3 Å². The highest BCUT2D eigenvalue weighted by Crippen LogP contribution is 2.25. The smallest absolute Gasteiger partial charge is 0.328 e. The molecule has 0 radical (unpaired) electrons. The molecule has 0 saturated heterocycles. The molecule has 0 saturated carbocycles. The van der Waals surface area contributed by atoms with Crippen molar-refractivity contribution in [3.8, 4) is 5.75 Å². The summed E-state index contributed by atoms with van der Waals surface area (Å²) in [4.78, 5) is 21.0. The maximum Gasteiger partial charge on any atom is 0.328 e. The molecule has 1 N–H and O–H groups in total. The Labute approximate surface area is 91.0 Å². The van der Waals surface area contributed by atoms with Gasteiger partial charge in [0.05, 0.1) is 12.7 Å². The van der Waals surface area contributed by atoms with E-state index >= 15 is 0 Å². The van der Waals surface area contributed by atoms with Crippen LogP contribution in [0.5, 0.6) is 5.75 Å². The molecule has 1 aromatic rings. The highest BCUT2D eigenvalue weighted by molar-refractivity contribution is 5.88. The van der Waals surface area contributed by atoms with Crippen LogP contribution in [0.15, 0.2) is 18.2 Å². The monoisotopic (exact) mass is 224 g/mol. The largest absolute Gasteiger partial charge is 0.495 e. The van der Waals surface area contributed by atoms with E-state index in [1.54, 1.807) is 0 Å². The predicted octanol–water partition coefficient (Wildman–Crippen LogP) is 1.74. The third-order valence-corrected chi connectivity index (χ3v) is 1.85. The Kier molecular flexibility index (Phi) is 3.77. The number of aldehydes is 1. The molecule has 84 valence electrons. The van der Waals surface area contributed by atoms with Gasteiger partial charge in [0.15, 0.2) is 6.29 Å². The number of aliphatic carboxylic acids is 1. The number of hydrogen-bond donors (Lipinski definition) is 1. The van der Waals surface area contributed by atoms with Crippen LogP contribution in [-0.4, -0.2) is 24.5 Å². The SMILES string of the molecule is COc1c(C=O)cc(F)cc1/C=C/C(=O)O. The lowest BCUT2D eigenvalue weighted by molar-refractivity contribution is -0.131. The summed E-state index contributed by atoms with van der Waals surface area (Å²) in [7, 11) is 1.32. The summed E-state index contributed by atoms with van der Waals surface area (Å²) >= 11 is 0. The van der Waals surface area contributed by atoms with Crippen LogP contribution in [0.4, 0.5) is 4.39 Å². The second kappa shape index (κ2) is 5.06. The minimum Gasteiger partial charge on any atom is -0.495 e. The molecule has 0 aromatic heterocycles. The number of ether oxygens (including phenoxy) is 1. The molecular formula is C11H9FO4. The Morgan fingerprint density at radius 3 is 2.56 bits per heavy atom. The third kappa shape index (κ3) is 2.66. The summed E-state index contributed by atoms with van der Waals surface area (Å²) in [5.74, 6) is -1.65. The van der Waals surface area contributed by atoms with Gasteiger partial charge >= 0.3 is 5.97 Å². The predicted molar refractivity (Wildman–Crippen MR) is 55.0 cm³/mol. The van der Waals surface area contributed by atoms with E-state index < -0.39 is 11.8 Å². The van der Waals surface area contributed by atoms with Gasteiger partial charge in [0.25, 0.3) is 0 Å². The van der Waals surface area contributed by atoms with Crippen LogP contribution in [0.25, 0.3) is 6.08 Å². The molecule has 0 spiro atoms. The zero-order chi connectivity index (χ0) is 12.1. The lowest BCUT2D eigenvalue weighted by Gasteiger charge is -2.07. The molecular weight excluding hydrogens is 215 g/mol. The van der Waals surface area contributed by atoms with Crippen LogP contribution < -0.4 is 4.74 Å². The van der Waals surface area contributed by atoms with Crippen molar-refractivity contribution in [1.29, 1.82) is 0 Å². The molecule has 1 aromatic carbocycles. The summed E-state index contributed by atoms with van der Waals surface area (Å²) in [6.07, 6.45) is 2.45. The lowest BCUT2D eigenvalue weighted by atomic mass is 10.1. The zero-order valence-corrected chi connectivity index (χ0v) is 8.44. The minimum atomic E-state index is -1.17. The van der Waals surface area contributed by atoms with Gasteiger partial charge in [0.1, 0.15) is 11.6 Å². The molecule has 16 heavy (non-hydrogen) atoms. The number of carbonyl (C=O) groups is 2. The number of halogens is 1. The third-order valence-electron chi connectivity index (χ3n) is 1.85. The standard InChI is InChI=1S/C11H9FO4/c1-16-11-7(2-3-10(14)15)4-9(12)5-8(11)6-13/h2-6H,1H3,(H,14,15)/b3-2+. The first-order valence-electron chi connectivity index (χ1n) is 4.32. The Hall–Kier alpha value is -2.17. The van der Waals surface area contributed by atoms with Crippen molar-refractivity contribution >= 4 is 18.3 Å². The summed E-state index contributed by atoms with van der Waals surface area (Å²) < 4.78 is 18.0. The summed E-state index contributed by atoms with van der Waals surface area (Å²) in [6, 6.07) is 2.11. The summed E-state index contributed by atoms with van der Waals surface area (Å²) in [6.45, 7) is 0. The number of carbonyl (C=O) groups excluding carboxylic acids is 1. The molecule has 4 nitrogen and oxygen atoms in total. The molecule has 0 aliphatic carbocycles. The number of rotatable bonds is 4. The number of methoxy groups -OCH3 is 1. The van der Waals surface area contributed by atoms with Crippen LogP contribution in [0.3, 0.4) is 0 Å². The highest BCUT2D eigenvalue weighted by atomic mass is 19.1. The lowest BCUT2D eigenvalue weighted by Crippen LogP contribution is -1.96. The molecule has 5 heteroatoms. The Balaban J connectivity index is 3.30. The van der Waals surface area contributed by atoms with Crippen molar-refractivity contribution in [3.63, 3.8) is 0 Å². The van der Waals surface area contributed by atoms with Crippen molar-refractivity contribution in [3.05, 3.63) is 35.2 Å². The van der Waals surface area contributed by atoms with E-state index in [1.165, 1.54) is 7.11 Å². The average molecular weight is 224 g/mol. The van der Waals surface area contributed by atoms with Crippen LogP contribution in [-0.2, 0) is 4.79 Å². The minimum absolute atomic E-state index is 0.0348. The maximum absolute atomic E-state index is 13.1. The Morgan fingerprint density at radius 2 is 2.06 bits per heavy atom. The maximum atomic E-state index is 13.1. The number of benzene rings is 1. The zero-order valence-electron chi connectivity index (χ0n) is 8.44. The van der Waals surface area contributed by atoms with Gasteiger partial charge in [-0.25, -0.2) is 9.18 Å². The van der Waals surface area contributed by atoms with Crippen molar-refractivity contribution in [2.24, 2.45) is 0 Å². The molecule has 0 atom stereocenters. The summed E-state index contributed by atoms with van der Waals surface area (Å²) in [5, 5.41) is 8.44. The first-order valence-corrected chi connectivity index (χ1v) is 4.32. The van der Waals surface area contributed by atoms with E-state index in [1.807, 2.05) is 0 Å². The fourth-order valence-electron chi connectivity index (χ4n) is 1.24. The van der Waals surface area contributed by atoms with Gasteiger partial charge in [-0.3, -0.25) is 4.79 Å². The van der Waals surface area contributed by atoms with E-state index in [2.05, 4.69) is 0 Å². The first kappa shape index (κ1) is 11.9. The highest BCUT2D eigenvalue weighted by Gasteiger charge is 2.09. The molecule has 0 bridgehead atoms. The molecule has 0 unspecified atom stereocenters. The fraction of sp³-hybridized carbons (Fsp3) is 0.0909. The fourth-order valence-corrected chi connectivity index (χ4v) is 1.24. The quantitative estimate of drug-likeness (QED) is 0.625. The van der Waals surface area contributed by atoms with Crippen LogP contribution in [0.2, 0.25) is 0 Å². The molecule has 0 amide bonds. The van der Waals surface area contributed by atoms with Crippen LogP contribution in [0, 0.1) is 5.82 Å². The first-order chi connectivity index (χ1) is 7.58. The van der Waals surface area contributed by atoms with Gasteiger partial charge in [-0.1, -0.05) is 0 Å². The molecule has 0 aliphatic rings. The van der Waals surface area contributed by atoms with Crippen molar-refractivity contribution in [2.75, 3.05) is 7.11 Å². The average Bonchev–Trinajstić information content (AvgIpc) is 2.25. The van der Waals surface area contributed by atoms with Gasteiger partial charge in [0, 0.05) is 11.6 Å². The van der Waals surface area contributed by atoms with E-state index in [-0.39, 0.29) is 16.9 Å². The molecule has 1 rings (SSSR count). The number of carboxylic acids is 1. The van der Waals surface area contributed by atoms with Crippen molar-refractivity contribution in [2.45, 2.75) is 0 Å².